The van der Waals surface area contributed by atoms with Crippen molar-refractivity contribution >= 4 is 18.1 Å². The van der Waals surface area contributed by atoms with Crippen molar-refractivity contribution in [2.75, 3.05) is 19.0 Å². The minimum absolute atomic E-state index is 0.214. The highest BCUT2D eigenvalue weighted by atomic mass is 16.5. The molecular weight excluding hydrogens is 346 g/mol. The van der Waals surface area contributed by atoms with E-state index in [9.17, 15) is 9.59 Å². The van der Waals surface area contributed by atoms with Gasteiger partial charge in [-0.15, -0.1) is 0 Å². The Morgan fingerprint density at radius 3 is 2.56 bits per heavy atom. The van der Waals surface area contributed by atoms with Gasteiger partial charge in [0, 0.05) is 39.3 Å². The van der Waals surface area contributed by atoms with Gasteiger partial charge >= 0.3 is 0 Å². The summed E-state index contributed by atoms with van der Waals surface area (Å²) in [7, 11) is 5.01. The SMILES string of the molecule is Cc1cc(-c2ccc(CN(C)C(=O)c3c(N(C)C=O)ncn3C)cc2)on1. The van der Waals surface area contributed by atoms with Crippen molar-refractivity contribution < 1.29 is 14.1 Å². The van der Waals surface area contributed by atoms with Crippen molar-refractivity contribution in [1.29, 1.82) is 0 Å². The monoisotopic (exact) mass is 367 g/mol. The molecule has 0 aliphatic carbocycles. The van der Waals surface area contributed by atoms with E-state index < -0.39 is 0 Å². The zero-order chi connectivity index (χ0) is 19.6. The summed E-state index contributed by atoms with van der Waals surface area (Å²) >= 11 is 0. The molecule has 2 amide bonds. The van der Waals surface area contributed by atoms with E-state index in [1.807, 2.05) is 37.3 Å². The number of aromatic nitrogens is 3. The summed E-state index contributed by atoms with van der Waals surface area (Å²) < 4.78 is 6.88. The van der Waals surface area contributed by atoms with Crippen molar-refractivity contribution in [2.24, 2.45) is 7.05 Å². The third-order valence-corrected chi connectivity index (χ3v) is 4.25. The number of rotatable bonds is 6. The predicted molar refractivity (Wildman–Crippen MR) is 100 cm³/mol. The summed E-state index contributed by atoms with van der Waals surface area (Å²) in [5.74, 6) is 0.828. The van der Waals surface area contributed by atoms with Crippen LogP contribution in [-0.4, -0.2) is 46.0 Å². The lowest BCUT2D eigenvalue weighted by atomic mass is 10.1. The van der Waals surface area contributed by atoms with E-state index in [4.69, 9.17) is 4.52 Å². The number of aryl methyl sites for hydroxylation is 2. The summed E-state index contributed by atoms with van der Waals surface area (Å²) in [6.45, 7) is 2.29. The Morgan fingerprint density at radius 2 is 1.96 bits per heavy atom. The number of nitrogens with zero attached hydrogens (tertiary/aromatic N) is 5. The number of carbonyl (C=O) groups is 2. The average Bonchev–Trinajstić information content (AvgIpc) is 3.27. The fraction of sp³-hybridized carbons (Fsp3) is 0.263. The number of hydrogen-bond donors (Lipinski definition) is 0. The third kappa shape index (κ3) is 3.74. The van der Waals surface area contributed by atoms with Crippen LogP contribution in [0.15, 0.2) is 41.2 Å². The van der Waals surface area contributed by atoms with Crippen LogP contribution in [0.1, 0.15) is 21.7 Å². The fourth-order valence-corrected chi connectivity index (χ4v) is 2.77. The Kier molecular flexibility index (Phi) is 5.07. The Hall–Kier alpha value is -3.42. The number of anilines is 1. The van der Waals surface area contributed by atoms with Crippen LogP contribution in [0.5, 0.6) is 0 Å². The van der Waals surface area contributed by atoms with Gasteiger partial charge in [-0.05, 0) is 12.5 Å². The molecule has 3 aromatic rings. The van der Waals surface area contributed by atoms with Gasteiger partial charge in [0.1, 0.15) is 0 Å². The van der Waals surface area contributed by atoms with Gasteiger partial charge in [-0.1, -0.05) is 29.4 Å². The Balaban J connectivity index is 1.75. The molecule has 0 aliphatic rings. The van der Waals surface area contributed by atoms with Gasteiger partial charge in [-0.25, -0.2) is 4.98 Å². The molecule has 8 heteroatoms. The number of imidazole rings is 1. The predicted octanol–water partition coefficient (Wildman–Crippen LogP) is 2.25. The fourth-order valence-electron chi connectivity index (χ4n) is 2.77. The lowest BCUT2D eigenvalue weighted by Crippen LogP contribution is -2.30. The highest BCUT2D eigenvalue weighted by Crippen LogP contribution is 2.22. The third-order valence-electron chi connectivity index (χ3n) is 4.25. The standard InChI is InChI=1S/C19H21N5O3/c1-13-9-16(27-21-13)15-7-5-14(6-8-15)10-22(2)19(26)17-18(24(4)12-25)20-11-23(17)3/h5-9,11-12H,10H2,1-4H3. The molecule has 140 valence electrons. The van der Waals surface area contributed by atoms with E-state index in [0.717, 1.165) is 16.8 Å². The second-order valence-electron chi connectivity index (χ2n) is 6.43. The van der Waals surface area contributed by atoms with Crippen LogP contribution in [-0.2, 0) is 18.4 Å². The minimum atomic E-state index is -0.214. The molecule has 0 N–H and O–H groups in total. The second kappa shape index (κ2) is 7.45. The maximum absolute atomic E-state index is 12.9. The van der Waals surface area contributed by atoms with Crippen LogP contribution < -0.4 is 4.90 Å². The molecule has 0 radical (unpaired) electrons. The van der Waals surface area contributed by atoms with Gasteiger partial charge in [-0.3, -0.25) is 9.59 Å². The maximum atomic E-state index is 12.9. The lowest BCUT2D eigenvalue weighted by molar-refractivity contribution is -0.107. The molecule has 3 rings (SSSR count). The minimum Gasteiger partial charge on any atom is -0.356 e. The Bertz CT molecular complexity index is 958. The number of amides is 2. The molecule has 27 heavy (non-hydrogen) atoms. The normalized spacial score (nSPS) is 10.7. The van der Waals surface area contributed by atoms with E-state index in [0.29, 0.717) is 30.2 Å². The summed E-state index contributed by atoms with van der Waals surface area (Å²) in [6, 6.07) is 9.63. The zero-order valence-electron chi connectivity index (χ0n) is 15.7. The van der Waals surface area contributed by atoms with Crippen LogP contribution in [0, 0.1) is 6.92 Å². The molecule has 2 aromatic heterocycles. The van der Waals surface area contributed by atoms with Crippen LogP contribution in [0.3, 0.4) is 0 Å². The van der Waals surface area contributed by atoms with Gasteiger partial charge < -0.3 is 18.9 Å². The number of carbonyl (C=O) groups excluding carboxylic acids is 2. The van der Waals surface area contributed by atoms with Crippen molar-refractivity contribution in [3.05, 3.63) is 53.6 Å². The molecule has 0 saturated carbocycles. The smallest absolute Gasteiger partial charge is 0.274 e. The highest BCUT2D eigenvalue weighted by molar-refractivity contribution is 5.99. The summed E-state index contributed by atoms with van der Waals surface area (Å²) in [4.78, 5) is 30.9. The second-order valence-corrected chi connectivity index (χ2v) is 6.43. The van der Waals surface area contributed by atoms with Gasteiger partial charge in [-0.2, -0.15) is 0 Å². The highest BCUT2D eigenvalue weighted by Gasteiger charge is 2.23. The topological polar surface area (TPSA) is 84.5 Å². The molecular formula is C19H21N5O3. The van der Waals surface area contributed by atoms with Crippen molar-refractivity contribution in [3.63, 3.8) is 0 Å². The van der Waals surface area contributed by atoms with E-state index in [2.05, 4.69) is 10.1 Å². The van der Waals surface area contributed by atoms with Gasteiger partial charge in [0.15, 0.2) is 17.3 Å². The summed E-state index contributed by atoms with van der Waals surface area (Å²) in [5.41, 5.74) is 3.08. The average molecular weight is 367 g/mol. The molecule has 0 aliphatic heterocycles. The Morgan fingerprint density at radius 1 is 1.26 bits per heavy atom. The first-order valence-corrected chi connectivity index (χ1v) is 8.38. The summed E-state index contributed by atoms with van der Waals surface area (Å²) in [6.07, 6.45) is 2.15. The molecule has 0 bridgehead atoms. The molecule has 1 aromatic carbocycles. The van der Waals surface area contributed by atoms with Gasteiger partial charge in [0.05, 0.1) is 12.0 Å². The molecule has 0 saturated heterocycles. The quantitative estimate of drug-likeness (QED) is 0.624. The number of hydrogen-bond acceptors (Lipinski definition) is 5. The molecule has 0 spiro atoms. The van der Waals surface area contributed by atoms with E-state index in [1.54, 1.807) is 30.6 Å². The lowest BCUT2D eigenvalue weighted by Gasteiger charge is -2.19. The molecule has 8 nitrogen and oxygen atoms in total. The Labute approximate surface area is 157 Å². The first kappa shape index (κ1) is 18.4. The van der Waals surface area contributed by atoms with Crippen LogP contribution in [0.4, 0.5) is 5.82 Å². The van der Waals surface area contributed by atoms with Crippen molar-refractivity contribution in [2.45, 2.75) is 13.5 Å². The van der Waals surface area contributed by atoms with Crippen molar-refractivity contribution in [3.8, 4) is 11.3 Å². The van der Waals surface area contributed by atoms with Crippen LogP contribution in [0.25, 0.3) is 11.3 Å². The van der Waals surface area contributed by atoms with Crippen LogP contribution >= 0.6 is 0 Å². The number of benzene rings is 1. The zero-order valence-corrected chi connectivity index (χ0v) is 15.7. The van der Waals surface area contributed by atoms with E-state index in [1.165, 1.54) is 11.2 Å². The summed E-state index contributed by atoms with van der Waals surface area (Å²) in [5, 5.41) is 3.89. The first-order chi connectivity index (χ1) is 12.9. The maximum Gasteiger partial charge on any atom is 0.274 e. The van der Waals surface area contributed by atoms with Gasteiger partial charge in [0.25, 0.3) is 5.91 Å². The van der Waals surface area contributed by atoms with E-state index >= 15 is 0 Å². The molecule has 0 fully saturated rings. The van der Waals surface area contributed by atoms with Crippen molar-refractivity contribution in [1.82, 2.24) is 19.6 Å². The largest absolute Gasteiger partial charge is 0.356 e. The molecule has 2 heterocycles. The first-order valence-electron chi connectivity index (χ1n) is 8.38. The van der Waals surface area contributed by atoms with Crippen LogP contribution in [0.2, 0.25) is 0 Å². The molecule has 0 unspecified atom stereocenters. The van der Waals surface area contributed by atoms with E-state index in [-0.39, 0.29) is 5.91 Å². The van der Waals surface area contributed by atoms with Gasteiger partial charge in [0.2, 0.25) is 6.41 Å². The molecule has 0 atom stereocenters.